The second-order valence-corrected chi connectivity index (χ2v) is 16.7. The fraction of sp³-hybridized carbons (Fsp3) is 0.429. The molecule has 0 radical (unpaired) electrons. The first-order valence-corrected chi connectivity index (χ1v) is 19.6. The van der Waals surface area contributed by atoms with E-state index in [-0.39, 0.29) is 30.3 Å². The summed E-state index contributed by atoms with van der Waals surface area (Å²) in [5.74, 6) is -0.0855. The van der Waals surface area contributed by atoms with E-state index >= 15 is 0 Å². The normalized spacial score (nSPS) is 24.1. The monoisotopic (exact) mass is 746 g/mol. The minimum absolute atomic E-state index is 0.0975. The smallest absolute Gasteiger partial charge is 0.282 e. The lowest BCUT2D eigenvalue weighted by atomic mass is 9.81. The third-order valence-corrected chi connectivity index (χ3v) is 12.9. The van der Waals surface area contributed by atoms with Crippen LogP contribution in [0.3, 0.4) is 0 Å². The van der Waals surface area contributed by atoms with Crippen molar-refractivity contribution in [1.29, 1.82) is 0 Å². The SMILES string of the molecule is CC1(C)c2cc(C3CCN(C[C@H]4CC[C@@H](Nc5ccc6c(c5)C(=O)N(C5CCC(=O)NC5=O)C6=O)CC4)CC3)ccc2-n2c1nc(=O)c1c(Cl)cccc12. The van der Waals surface area contributed by atoms with Gasteiger partial charge in [0.15, 0.2) is 0 Å². The molecule has 5 aliphatic rings. The average molecular weight is 747 g/mol. The number of aromatic nitrogens is 2. The molecule has 1 unspecified atom stereocenters. The number of nitrogens with zero attached hydrogens (tertiary/aromatic N) is 4. The second kappa shape index (κ2) is 13.2. The number of nitrogens with one attached hydrogen (secondary N) is 2. The zero-order chi connectivity index (χ0) is 37.5. The minimum atomic E-state index is -0.966. The van der Waals surface area contributed by atoms with Gasteiger partial charge in [-0.05, 0) is 131 Å². The van der Waals surface area contributed by atoms with Gasteiger partial charge < -0.3 is 10.2 Å². The van der Waals surface area contributed by atoms with Crippen molar-refractivity contribution < 1.29 is 19.2 Å². The van der Waals surface area contributed by atoms with Crippen molar-refractivity contribution in [2.75, 3.05) is 25.0 Å². The lowest BCUT2D eigenvalue weighted by molar-refractivity contribution is -0.136. The summed E-state index contributed by atoms with van der Waals surface area (Å²) in [7, 11) is 0. The highest BCUT2D eigenvalue weighted by molar-refractivity contribution is 6.35. The third kappa shape index (κ3) is 5.74. The highest BCUT2D eigenvalue weighted by Crippen LogP contribution is 2.45. The standard InChI is InChI=1S/C42H43ClN6O5/c1-42(2)30-20-25(8-13-32(30)48-33-5-3-4-31(43)36(33)38(52)46-41(42)48)24-16-18-47(19-17-24)22-23-6-9-26(10-7-23)44-27-11-12-28-29(21-27)40(54)49(39(28)53)34-14-15-35(50)45-37(34)51/h3-5,8,11-13,20-21,23-24,26,34,44H,6-7,9-10,14-19,22H2,1-2H3,(H,45,50,51)/t23-,26+,34?. The Bertz CT molecular complexity index is 2320. The summed E-state index contributed by atoms with van der Waals surface area (Å²) < 4.78 is 2.11. The molecular weight excluding hydrogens is 704 g/mol. The lowest BCUT2D eigenvalue weighted by Crippen LogP contribution is -2.54. The number of fused-ring (bicyclic) bond motifs is 6. The number of amides is 4. The van der Waals surface area contributed by atoms with E-state index in [9.17, 15) is 24.0 Å². The Morgan fingerprint density at radius 2 is 1.63 bits per heavy atom. The topological polar surface area (TPSA) is 134 Å². The molecule has 3 aromatic carbocycles. The van der Waals surface area contributed by atoms with E-state index in [1.165, 1.54) is 11.1 Å². The van der Waals surface area contributed by atoms with E-state index in [1.807, 2.05) is 18.2 Å². The number of likely N-dealkylation sites (tertiary alicyclic amines) is 1. The van der Waals surface area contributed by atoms with Crippen LogP contribution in [0.15, 0.2) is 59.4 Å². The largest absolute Gasteiger partial charge is 0.382 e. The molecule has 1 saturated carbocycles. The number of piperidine rings is 2. The first kappa shape index (κ1) is 34.9. The predicted molar refractivity (Wildman–Crippen MR) is 205 cm³/mol. The zero-order valence-corrected chi connectivity index (χ0v) is 31.2. The van der Waals surface area contributed by atoms with Gasteiger partial charge in [-0.3, -0.25) is 38.8 Å². The number of benzene rings is 3. The molecule has 1 aromatic heterocycles. The van der Waals surface area contributed by atoms with Gasteiger partial charge in [0.05, 0.1) is 38.2 Å². The maximum atomic E-state index is 13.3. The fourth-order valence-corrected chi connectivity index (χ4v) is 9.86. The summed E-state index contributed by atoms with van der Waals surface area (Å²) in [6.07, 6.45) is 6.77. The van der Waals surface area contributed by atoms with Crippen molar-refractivity contribution in [3.63, 3.8) is 0 Å². The van der Waals surface area contributed by atoms with Gasteiger partial charge in [0.25, 0.3) is 17.4 Å². The molecule has 278 valence electrons. The number of anilines is 1. The van der Waals surface area contributed by atoms with Gasteiger partial charge in [0.1, 0.15) is 11.9 Å². The summed E-state index contributed by atoms with van der Waals surface area (Å²) >= 11 is 6.46. The van der Waals surface area contributed by atoms with Gasteiger partial charge in [-0.2, -0.15) is 4.98 Å². The highest BCUT2D eigenvalue weighted by atomic mass is 35.5. The molecule has 4 amide bonds. The molecule has 0 spiro atoms. The Balaban J connectivity index is 0.791. The minimum Gasteiger partial charge on any atom is -0.382 e. The van der Waals surface area contributed by atoms with Gasteiger partial charge in [-0.25, -0.2) is 0 Å². The molecule has 1 aliphatic carbocycles. The second-order valence-electron chi connectivity index (χ2n) is 16.3. The first-order chi connectivity index (χ1) is 26.0. The van der Waals surface area contributed by atoms with Crippen LogP contribution in [0.5, 0.6) is 0 Å². The van der Waals surface area contributed by atoms with Gasteiger partial charge in [0, 0.05) is 24.7 Å². The van der Waals surface area contributed by atoms with Crippen LogP contribution >= 0.6 is 11.6 Å². The maximum absolute atomic E-state index is 13.3. The number of halogens is 1. The Morgan fingerprint density at radius 3 is 2.39 bits per heavy atom. The van der Waals surface area contributed by atoms with E-state index in [2.05, 4.69) is 57.1 Å². The van der Waals surface area contributed by atoms with Crippen molar-refractivity contribution in [3.05, 3.63) is 98.1 Å². The molecule has 0 bridgehead atoms. The number of carbonyl (C=O) groups is 4. The molecule has 4 aromatic rings. The van der Waals surface area contributed by atoms with Gasteiger partial charge in [0.2, 0.25) is 11.8 Å². The Hall–Kier alpha value is -4.87. The summed E-state index contributed by atoms with van der Waals surface area (Å²) in [6, 6.07) is 16.9. The summed E-state index contributed by atoms with van der Waals surface area (Å²) in [4.78, 5) is 71.6. The van der Waals surface area contributed by atoms with E-state index in [4.69, 9.17) is 11.6 Å². The zero-order valence-electron chi connectivity index (χ0n) is 30.5. The molecule has 2 N–H and O–H groups in total. The van der Waals surface area contributed by atoms with E-state index < -0.39 is 29.2 Å². The highest BCUT2D eigenvalue weighted by Gasteiger charge is 2.45. The summed E-state index contributed by atoms with van der Waals surface area (Å²) in [5, 5.41) is 6.73. The van der Waals surface area contributed by atoms with Crippen LogP contribution in [0.4, 0.5) is 5.69 Å². The van der Waals surface area contributed by atoms with E-state index in [1.54, 1.807) is 18.2 Å². The Kier molecular flexibility index (Phi) is 8.50. The number of rotatable bonds is 6. The van der Waals surface area contributed by atoms with Crippen LogP contribution in [-0.2, 0) is 15.0 Å². The number of imide groups is 2. The van der Waals surface area contributed by atoms with Crippen molar-refractivity contribution in [3.8, 4) is 5.69 Å². The molecule has 11 nitrogen and oxygen atoms in total. The van der Waals surface area contributed by atoms with Gasteiger partial charge >= 0.3 is 0 Å². The van der Waals surface area contributed by atoms with Crippen LogP contribution in [0.1, 0.15) is 109 Å². The fourth-order valence-electron chi connectivity index (χ4n) is 9.61. The van der Waals surface area contributed by atoms with Crippen molar-refractivity contribution in [1.82, 2.24) is 24.7 Å². The summed E-state index contributed by atoms with van der Waals surface area (Å²) in [5.41, 5.74) is 5.12. The van der Waals surface area contributed by atoms with Crippen LogP contribution in [0, 0.1) is 5.92 Å². The van der Waals surface area contributed by atoms with Crippen LogP contribution in [0.2, 0.25) is 5.02 Å². The molecule has 4 aliphatic heterocycles. The predicted octanol–water partition coefficient (Wildman–Crippen LogP) is 5.93. The van der Waals surface area contributed by atoms with Crippen LogP contribution in [-0.4, -0.2) is 74.7 Å². The number of carbonyl (C=O) groups excluding carboxylic acids is 4. The lowest BCUT2D eigenvalue weighted by Gasteiger charge is -2.37. The maximum Gasteiger partial charge on any atom is 0.282 e. The van der Waals surface area contributed by atoms with Gasteiger partial charge in [-0.1, -0.05) is 29.8 Å². The average Bonchev–Trinajstić information content (AvgIpc) is 3.53. The van der Waals surface area contributed by atoms with Gasteiger partial charge in [-0.15, -0.1) is 0 Å². The Morgan fingerprint density at radius 1 is 0.870 bits per heavy atom. The van der Waals surface area contributed by atoms with Crippen molar-refractivity contribution in [2.24, 2.45) is 5.92 Å². The molecule has 12 heteroatoms. The molecule has 3 fully saturated rings. The molecule has 9 rings (SSSR count). The summed E-state index contributed by atoms with van der Waals surface area (Å²) in [6.45, 7) is 7.55. The van der Waals surface area contributed by atoms with Crippen LogP contribution < -0.4 is 16.2 Å². The van der Waals surface area contributed by atoms with Crippen molar-refractivity contribution in [2.45, 2.75) is 88.6 Å². The van der Waals surface area contributed by atoms with Crippen molar-refractivity contribution >= 4 is 51.8 Å². The molecule has 5 heterocycles. The molecule has 1 atom stereocenters. The Labute approximate surface area is 318 Å². The van der Waals surface area contributed by atoms with E-state index in [0.717, 1.165) is 85.8 Å². The van der Waals surface area contributed by atoms with Crippen LogP contribution in [0.25, 0.3) is 16.6 Å². The number of hydrogen-bond donors (Lipinski definition) is 2. The quantitative estimate of drug-likeness (QED) is 0.232. The third-order valence-electron chi connectivity index (χ3n) is 12.6. The molecule has 54 heavy (non-hydrogen) atoms. The molecular formula is C42H43ClN6O5. The first-order valence-electron chi connectivity index (χ1n) is 19.2. The van der Waals surface area contributed by atoms with E-state index in [0.29, 0.717) is 33.4 Å². The molecule has 2 saturated heterocycles. The number of hydrogen-bond acceptors (Lipinski definition) is 8.